The lowest BCUT2D eigenvalue weighted by molar-refractivity contribution is -0.124. The SMILES string of the molecule is COc1cccc(C#N)c1C1CCC2C(=O)N(c3cncc4ccccc34)C(=O)NC2C1. The molecule has 1 aliphatic carbocycles. The summed E-state index contributed by atoms with van der Waals surface area (Å²) in [6.45, 7) is 0. The molecule has 3 aromatic rings. The zero-order chi connectivity index (χ0) is 22.2. The number of anilines is 1. The lowest BCUT2D eigenvalue weighted by Gasteiger charge is -2.42. The van der Waals surface area contributed by atoms with Crippen LogP contribution in [-0.4, -0.2) is 30.1 Å². The van der Waals surface area contributed by atoms with Crippen molar-refractivity contribution < 1.29 is 14.3 Å². The minimum absolute atomic E-state index is 0.0286. The van der Waals surface area contributed by atoms with Gasteiger partial charge in [-0.25, -0.2) is 9.69 Å². The largest absolute Gasteiger partial charge is 0.496 e. The van der Waals surface area contributed by atoms with Crippen LogP contribution in [0.5, 0.6) is 5.75 Å². The van der Waals surface area contributed by atoms with Crippen molar-refractivity contribution >= 4 is 28.4 Å². The molecule has 2 aromatic carbocycles. The van der Waals surface area contributed by atoms with Crippen molar-refractivity contribution in [3.63, 3.8) is 0 Å². The molecule has 32 heavy (non-hydrogen) atoms. The summed E-state index contributed by atoms with van der Waals surface area (Å²) < 4.78 is 5.51. The van der Waals surface area contributed by atoms with E-state index in [2.05, 4.69) is 16.4 Å². The number of carbonyl (C=O) groups is 2. The summed E-state index contributed by atoms with van der Waals surface area (Å²) in [6.07, 6.45) is 5.23. The number of rotatable bonds is 3. The molecule has 3 unspecified atom stereocenters. The number of methoxy groups -OCH3 is 1. The van der Waals surface area contributed by atoms with Gasteiger partial charge >= 0.3 is 6.03 Å². The Morgan fingerprint density at radius 3 is 2.78 bits per heavy atom. The number of hydrogen-bond acceptors (Lipinski definition) is 5. The second-order valence-corrected chi connectivity index (χ2v) is 8.26. The molecule has 3 atom stereocenters. The van der Waals surface area contributed by atoms with E-state index in [-0.39, 0.29) is 23.8 Å². The summed E-state index contributed by atoms with van der Waals surface area (Å²) in [4.78, 5) is 32.0. The molecule has 0 bridgehead atoms. The summed E-state index contributed by atoms with van der Waals surface area (Å²) in [5.41, 5.74) is 1.94. The third kappa shape index (κ3) is 3.16. The van der Waals surface area contributed by atoms with Crippen LogP contribution in [0.15, 0.2) is 54.9 Å². The van der Waals surface area contributed by atoms with Crippen molar-refractivity contribution in [1.29, 1.82) is 5.26 Å². The van der Waals surface area contributed by atoms with Crippen LogP contribution < -0.4 is 15.0 Å². The molecule has 2 aliphatic rings. The van der Waals surface area contributed by atoms with E-state index in [4.69, 9.17) is 4.74 Å². The second kappa shape index (κ2) is 7.97. The van der Waals surface area contributed by atoms with Gasteiger partial charge in [0.25, 0.3) is 0 Å². The lowest BCUT2D eigenvalue weighted by atomic mass is 9.73. The summed E-state index contributed by atoms with van der Waals surface area (Å²) in [5.74, 6) is 0.185. The van der Waals surface area contributed by atoms with Crippen LogP contribution in [0.4, 0.5) is 10.5 Å². The van der Waals surface area contributed by atoms with E-state index in [9.17, 15) is 14.9 Å². The van der Waals surface area contributed by atoms with Crippen molar-refractivity contribution in [3.05, 3.63) is 66.0 Å². The first kappa shape index (κ1) is 20.0. The molecule has 1 N–H and O–H groups in total. The normalized spacial score (nSPS) is 22.8. The number of hydrogen-bond donors (Lipinski definition) is 1. The van der Waals surface area contributed by atoms with Crippen molar-refractivity contribution in [2.45, 2.75) is 31.2 Å². The number of carbonyl (C=O) groups excluding carboxylic acids is 2. The fourth-order valence-corrected chi connectivity index (χ4v) is 5.12. The number of nitrogens with one attached hydrogen (secondary N) is 1. The first-order valence-corrected chi connectivity index (χ1v) is 10.7. The van der Waals surface area contributed by atoms with Crippen molar-refractivity contribution in [2.75, 3.05) is 12.0 Å². The molecule has 1 aliphatic heterocycles. The number of amides is 3. The average molecular weight is 426 g/mol. The second-order valence-electron chi connectivity index (χ2n) is 8.26. The third-order valence-corrected chi connectivity index (χ3v) is 6.60. The number of imide groups is 1. The van der Waals surface area contributed by atoms with Crippen LogP contribution >= 0.6 is 0 Å². The molecular weight excluding hydrogens is 404 g/mol. The Balaban J connectivity index is 1.45. The number of aromatic nitrogens is 1. The molecule has 0 radical (unpaired) electrons. The van der Waals surface area contributed by atoms with Gasteiger partial charge in [-0.3, -0.25) is 9.78 Å². The lowest BCUT2D eigenvalue weighted by Crippen LogP contribution is -2.61. The molecule has 2 heterocycles. The Morgan fingerprint density at radius 1 is 1.12 bits per heavy atom. The van der Waals surface area contributed by atoms with Gasteiger partial charge in [-0.1, -0.05) is 30.3 Å². The molecule has 7 heteroatoms. The Labute approximate surface area is 185 Å². The fraction of sp³-hybridized carbons (Fsp3) is 0.280. The predicted octanol–water partition coefficient (Wildman–Crippen LogP) is 4.12. The van der Waals surface area contributed by atoms with Gasteiger partial charge < -0.3 is 10.1 Å². The topological polar surface area (TPSA) is 95.3 Å². The summed E-state index contributed by atoms with van der Waals surface area (Å²) >= 11 is 0. The Hall–Kier alpha value is -3.92. The molecule has 160 valence electrons. The van der Waals surface area contributed by atoms with E-state index in [1.54, 1.807) is 31.6 Å². The molecule has 0 spiro atoms. The van der Waals surface area contributed by atoms with Gasteiger partial charge in [-0.15, -0.1) is 0 Å². The van der Waals surface area contributed by atoms with Crippen LogP contribution in [0.25, 0.3) is 10.8 Å². The zero-order valence-corrected chi connectivity index (χ0v) is 17.6. The van der Waals surface area contributed by atoms with E-state index in [0.717, 1.165) is 22.8 Å². The first-order valence-electron chi connectivity index (χ1n) is 10.7. The van der Waals surface area contributed by atoms with E-state index in [1.165, 1.54) is 4.90 Å². The number of nitrogens with zero attached hydrogens (tertiary/aromatic N) is 3. The standard InChI is InChI=1S/C25H22N4O3/c1-32-22-8-4-6-16(12-26)23(22)15-9-10-19-20(11-15)28-25(31)29(24(19)30)21-14-27-13-17-5-2-3-7-18(17)21/h2-8,13-15,19-20H,9-11H2,1H3,(H,28,31). The van der Waals surface area contributed by atoms with E-state index in [1.807, 2.05) is 30.3 Å². The number of fused-ring (bicyclic) bond motifs is 2. The maximum absolute atomic E-state index is 13.5. The van der Waals surface area contributed by atoms with Crippen LogP contribution in [0, 0.1) is 17.2 Å². The number of pyridine rings is 1. The number of urea groups is 1. The number of benzene rings is 2. The quantitative estimate of drug-likeness (QED) is 0.680. The fourth-order valence-electron chi connectivity index (χ4n) is 5.12. The molecule has 2 fully saturated rings. The van der Waals surface area contributed by atoms with Gasteiger partial charge in [0.15, 0.2) is 0 Å². The molecule has 1 saturated carbocycles. The highest BCUT2D eigenvalue weighted by Crippen LogP contribution is 2.43. The van der Waals surface area contributed by atoms with Crippen molar-refractivity contribution in [3.8, 4) is 11.8 Å². The van der Waals surface area contributed by atoms with Gasteiger partial charge in [0.1, 0.15) is 5.75 Å². The summed E-state index contributed by atoms with van der Waals surface area (Å²) in [7, 11) is 1.59. The zero-order valence-electron chi connectivity index (χ0n) is 17.6. The highest BCUT2D eigenvalue weighted by atomic mass is 16.5. The van der Waals surface area contributed by atoms with Crippen LogP contribution in [0.2, 0.25) is 0 Å². The van der Waals surface area contributed by atoms with E-state index >= 15 is 0 Å². The van der Waals surface area contributed by atoms with Gasteiger partial charge in [-0.2, -0.15) is 5.26 Å². The number of nitriles is 1. The third-order valence-electron chi connectivity index (χ3n) is 6.60. The molecule has 3 amide bonds. The van der Waals surface area contributed by atoms with Crippen LogP contribution in [0.1, 0.15) is 36.3 Å². The first-order chi connectivity index (χ1) is 15.6. The van der Waals surface area contributed by atoms with Crippen LogP contribution in [-0.2, 0) is 4.79 Å². The highest BCUT2D eigenvalue weighted by Gasteiger charge is 2.46. The smallest absolute Gasteiger partial charge is 0.329 e. The van der Waals surface area contributed by atoms with Gasteiger partial charge in [0.05, 0.1) is 36.5 Å². The monoisotopic (exact) mass is 426 g/mol. The molecule has 1 saturated heterocycles. The van der Waals surface area contributed by atoms with Gasteiger partial charge in [0, 0.05) is 28.6 Å². The molecular formula is C25H22N4O3. The van der Waals surface area contributed by atoms with E-state index < -0.39 is 6.03 Å². The maximum atomic E-state index is 13.5. The van der Waals surface area contributed by atoms with E-state index in [0.29, 0.717) is 29.8 Å². The molecule has 1 aromatic heterocycles. The Morgan fingerprint density at radius 2 is 1.97 bits per heavy atom. The van der Waals surface area contributed by atoms with Crippen molar-refractivity contribution in [1.82, 2.24) is 10.3 Å². The van der Waals surface area contributed by atoms with Crippen molar-refractivity contribution in [2.24, 2.45) is 5.92 Å². The minimum atomic E-state index is -0.435. The average Bonchev–Trinajstić information content (AvgIpc) is 2.83. The Bertz CT molecular complexity index is 1260. The van der Waals surface area contributed by atoms with Crippen LogP contribution in [0.3, 0.4) is 0 Å². The van der Waals surface area contributed by atoms with Gasteiger partial charge in [0.2, 0.25) is 5.91 Å². The Kier molecular flexibility index (Phi) is 4.98. The minimum Gasteiger partial charge on any atom is -0.496 e. The molecule has 7 nitrogen and oxygen atoms in total. The maximum Gasteiger partial charge on any atom is 0.329 e. The number of ether oxygens (including phenoxy) is 1. The molecule has 5 rings (SSSR count). The van der Waals surface area contributed by atoms with Gasteiger partial charge in [-0.05, 0) is 37.3 Å². The predicted molar refractivity (Wildman–Crippen MR) is 119 cm³/mol. The highest BCUT2D eigenvalue weighted by molar-refractivity contribution is 6.20. The summed E-state index contributed by atoms with van der Waals surface area (Å²) in [6, 6.07) is 14.5. The summed E-state index contributed by atoms with van der Waals surface area (Å²) in [5, 5.41) is 14.3.